The molecule has 1 saturated heterocycles. The third-order valence-electron chi connectivity index (χ3n) is 5.62. The molecule has 0 bridgehead atoms. The zero-order chi connectivity index (χ0) is 22.3. The molecular weight excluding hydrogens is 412 g/mol. The Morgan fingerprint density at radius 1 is 1.42 bits per heavy atom. The van der Waals surface area contributed by atoms with Crippen LogP contribution in [-0.2, 0) is 4.74 Å². The van der Waals surface area contributed by atoms with Gasteiger partial charge in [-0.05, 0) is 18.9 Å². The van der Waals surface area contributed by atoms with Gasteiger partial charge in [0, 0.05) is 37.4 Å². The van der Waals surface area contributed by atoms with Crippen LogP contribution < -0.4 is 20.8 Å². The number of rotatable bonds is 5. The molecule has 1 saturated carbocycles. The van der Waals surface area contributed by atoms with Gasteiger partial charge in [0.1, 0.15) is 17.1 Å². The van der Waals surface area contributed by atoms with Crippen LogP contribution in [0.1, 0.15) is 29.2 Å². The fourth-order valence-corrected chi connectivity index (χ4v) is 3.95. The Labute approximate surface area is 176 Å². The van der Waals surface area contributed by atoms with Crippen molar-refractivity contribution < 1.29 is 28.2 Å². The number of hydrogen-bond acceptors (Lipinski definition) is 6. The molecular formula is C21H23F2N3O5. The molecule has 0 radical (unpaired) electrons. The lowest BCUT2D eigenvalue weighted by Crippen LogP contribution is -2.29. The number of carboxylic acid groups (broad SMARTS) is 1. The van der Waals surface area contributed by atoms with E-state index in [4.69, 9.17) is 15.2 Å². The Morgan fingerprint density at radius 3 is 2.77 bits per heavy atom. The van der Waals surface area contributed by atoms with E-state index in [2.05, 4.69) is 0 Å². The number of halogens is 2. The summed E-state index contributed by atoms with van der Waals surface area (Å²) in [5.74, 6) is -2.56. The van der Waals surface area contributed by atoms with Crippen molar-refractivity contribution in [3.63, 3.8) is 0 Å². The number of hydrogen-bond donors (Lipinski definition) is 2. The maximum atomic E-state index is 15.4. The molecule has 0 atom stereocenters. The van der Waals surface area contributed by atoms with Crippen molar-refractivity contribution in [3.8, 4) is 5.75 Å². The van der Waals surface area contributed by atoms with Crippen molar-refractivity contribution in [3.05, 3.63) is 45.3 Å². The first-order valence-corrected chi connectivity index (χ1v) is 9.95. The average molecular weight is 435 g/mol. The number of nitrogens with zero attached hydrogens (tertiary/aromatic N) is 2. The predicted octanol–water partition coefficient (Wildman–Crippen LogP) is 2.20. The van der Waals surface area contributed by atoms with E-state index >= 15 is 4.39 Å². The highest BCUT2D eigenvalue weighted by atomic mass is 19.1. The predicted molar refractivity (Wildman–Crippen MR) is 110 cm³/mol. The molecule has 0 unspecified atom stereocenters. The van der Waals surface area contributed by atoms with Crippen molar-refractivity contribution >= 4 is 22.6 Å². The normalized spacial score (nSPS) is 18.8. The molecule has 1 aromatic carbocycles. The summed E-state index contributed by atoms with van der Waals surface area (Å²) in [6.45, 7) is 0.300. The minimum atomic E-state index is -1.37. The number of nitrogens with two attached hydrogens (primary N) is 1. The standard InChI is InChI=1S/C21H23F2N3O5/c1-30-20-17-13(19(27)14(21(28)29)9-26(17)12-2-3-12)6-15(22)18(20)25-4-5-31-10-11(8-25)16(23)7-24/h6,9,12H,2-5,7-8,10,24H2,1H3,(H,28,29)/b16-11-. The lowest BCUT2D eigenvalue weighted by atomic mass is 10.1. The Bertz CT molecular complexity index is 1140. The maximum Gasteiger partial charge on any atom is 0.341 e. The Balaban J connectivity index is 1.98. The second-order valence-electron chi connectivity index (χ2n) is 7.64. The Kier molecular flexibility index (Phi) is 5.67. The minimum Gasteiger partial charge on any atom is -0.492 e. The molecule has 1 aliphatic heterocycles. The van der Waals surface area contributed by atoms with Gasteiger partial charge in [0.05, 0.1) is 31.2 Å². The number of benzene rings is 1. The van der Waals surface area contributed by atoms with E-state index in [9.17, 15) is 19.1 Å². The number of methoxy groups -OCH3 is 1. The average Bonchev–Trinajstić information content (AvgIpc) is 3.59. The highest BCUT2D eigenvalue weighted by Gasteiger charge is 2.32. The van der Waals surface area contributed by atoms with Gasteiger partial charge in [-0.15, -0.1) is 0 Å². The topological polar surface area (TPSA) is 107 Å². The fourth-order valence-electron chi connectivity index (χ4n) is 3.95. The van der Waals surface area contributed by atoms with E-state index < -0.39 is 28.6 Å². The number of anilines is 1. The van der Waals surface area contributed by atoms with Gasteiger partial charge in [-0.2, -0.15) is 0 Å². The molecule has 2 aromatic rings. The second-order valence-corrected chi connectivity index (χ2v) is 7.64. The van der Waals surface area contributed by atoms with E-state index in [-0.39, 0.29) is 55.7 Å². The highest BCUT2D eigenvalue weighted by molar-refractivity contribution is 5.97. The largest absolute Gasteiger partial charge is 0.492 e. The molecule has 0 amide bonds. The zero-order valence-electron chi connectivity index (χ0n) is 17.0. The van der Waals surface area contributed by atoms with Crippen LogP contribution in [-0.4, -0.2) is 55.6 Å². The second kappa shape index (κ2) is 8.27. The summed E-state index contributed by atoms with van der Waals surface area (Å²) in [6.07, 6.45) is 2.90. The molecule has 2 heterocycles. The molecule has 10 heteroatoms. The van der Waals surface area contributed by atoms with Gasteiger partial charge in [-0.25, -0.2) is 13.6 Å². The van der Waals surface area contributed by atoms with E-state index in [1.807, 2.05) is 0 Å². The molecule has 2 fully saturated rings. The first-order chi connectivity index (χ1) is 14.9. The monoisotopic (exact) mass is 435 g/mol. The van der Waals surface area contributed by atoms with Crippen LogP contribution in [0, 0.1) is 5.82 Å². The first kappa shape index (κ1) is 21.3. The molecule has 2 aliphatic rings. The third-order valence-corrected chi connectivity index (χ3v) is 5.62. The number of fused-ring (bicyclic) bond motifs is 1. The highest BCUT2D eigenvalue weighted by Crippen LogP contribution is 2.44. The van der Waals surface area contributed by atoms with E-state index in [1.54, 1.807) is 9.47 Å². The minimum absolute atomic E-state index is 0.00832. The van der Waals surface area contributed by atoms with E-state index in [0.29, 0.717) is 11.1 Å². The van der Waals surface area contributed by atoms with E-state index in [1.165, 1.54) is 13.3 Å². The molecule has 0 spiro atoms. The van der Waals surface area contributed by atoms with Gasteiger partial charge < -0.3 is 29.8 Å². The molecule has 8 nitrogen and oxygen atoms in total. The van der Waals surface area contributed by atoms with Gasteiger partial charge in [0.15, 0.2) is 11.6 Å². The molecule has 166 valence electrons. The Morgan fingerprint density at radius 2 is 2.16 bits per heavy atom. The number of carboxylic acids is 1. The van der Waals surface area contributed by atoms with Crippen LogP contribution in [0.4, 0.5) is 14.5 Å². The lowest BCUT2D eigenvalue weighted by molar-refractivity contribution is 0.0694. The number of carbonyl (C=O) groups is 1. The van der Waals surface area contributed by atoms with Crippen molar-refractivity contribution in [1.29, 1.82) is 0 Å². The van der Waals surface area contributed by atoms with Gasteiger partial charge in [0.2, 0.25) is 5.43 Å². The molecule has 31 heavy (non-hydrogen) atoms. The van der Waals surface area contributed by atoms with Gasteiger partial charge in [-0.1, -0.05) is 0 Å². The number of ether oxygens (including phenoxy) is 2. The van der Waals surface area contributed by atoms with Crippen LogP contribution in [0.5, 0.6) is 5.75 Å². The van der Waals surface area contributed by atoms with Crippen LogP contribution in [0.3, 0.4) is 0 Å². The SMILES string of the molecule is COc1c(N2CCOC/C(=C(\F)CN)C2)c(F)cc2c(=O)c(C(=O)O)cn(C3CC3)c12. The zero-order valence-corrected chi connectivity index (χ0v) is 17.0. The van der Waals surface area contributed by atoms with Crippen LogP contribution in [0.25, 0.3) is 10.9 Å². The number of aromatic nitrogens is 1. The van der Waals surface area contributed by atoms with Gasteiger partial charge in [-0.3, -0.25) is 4.79 Å². The third kappa shape index (κ3) is 3.77. The van der Waals surface area contributed by atoms with Gasteiger partial charge >= 0.3 is 5.97 Å². The summed E-state index contributed by atoms with van der Waals surface area (Å²) in [6, 6.07) is 1.03. The molecule has 1 aliphatic carbocycles. The van der Waals surface area contributed by atoms with Crippen LogP contribution in [0.2, 0.25) is 0 Å². The number of aromatic carboxylic acids is 1. The smallest absolute Gasteiger partial charge is 0.341 e. The number of pyridine rings is 1. The molecule has 3 N–H and O–H groups in total. The van der Waals surface area contributed by atoms with Crippen molar-refractivity contribution in [2.75, 3.05) is 44.9 Å². The summed E-state index contributed by atoms with van der Waals surface area (Å²) in [5, 5.41) is 9.36. The lowest BCUT2D eigenvalue weighted by Gasteiger charge is -2.27. The van der Waals surface area contributed by atoms with Crippen LogP contribution in [0.15, 0.2) is 28.5 Å². The Hall–Kier alpha value is -2.98. The maximum absolute atomic E-state index is 15.4. The quantitative estimate of drug-likeness (QED) is 0.742. The summed E-state index contributed by atoms with van der Waals surface area (Å²) in [7, 11) is 1.36. The van der Waals surface area contributed by atoms with Crippen LogP contribution >= 0.6 is 0 Å². The fraction of sp³-hybridized carbons (Fsp3) is 0.429. The van der Waals surface area contributed by atoms with E-state index in [0.717, 1.165) is 18.9 Å². The summed E-state index contributed by atoms with van der Waals surface area (Å²) >= 11 is 0. The first-order valence-electron chi connectivity index (χ1n) is 9.95. The van der Waals surface area contributed by atoms with Gasteiger partial charge in [0.25, 0.3) is 0 Å². The molecule has 1 aromatic heterocycles. The molecule has 4 rings (SSSR count). The summed E-state index contributed by atoms with van der Waals surface area (Å²) in [5.41, 5.74) is 4.92. The van der Waals surface area contributed by atoms with Crippen molar-refractivity contribution in [2.24, 2.45) is 5.73 Å². The van der Waals surface area contributed by atoms with Crippen molar-refractivity contribution in [2.45, 2.75) is 18.9 Å². The summed E-state index contributed by atoms with van der Waals surface area (Å²) in [4.78, 5) is 26.0. The summed E-state index contributed by atoms with van der Waals surface area (Å²) < 4.78 is 42.2. The van der Waals surface area contributed by atoms with Crippen molar-refractivity contribution in [1.82, 2.24) is 4.57 Å².